The molecular weight excluding hydrogens is 312 g/mol. The van der Waals surface area contributed by atoms with Crippen LogP contribution in [0.5, 0.6) is 0 Å². The number of nitrogens with zero attached hydrogens (tertiary/aromatic N) is 1. The van der Waals surface area contributed by atoms with E-state index in [0.29, 0.717) is 11.4 Å². The third-order valence-corrected chi connectivity index (χ3v) is 4.63. The summed E-state index contributed by atoms with van der Waals surface area (Å²) >= 11 is 6.11. The normalized spacial score (nSPS) is 12.5. The molecule has 7 heteroatoms. The van der Waals surface area contributed by atoms with Crippen LogP contribution in [0.4, 0.5) is 0 Å². The summed E-state index contributed by atoms with van der Waals surface area (Å²) in [7, 11) is -2.00. The van der Waals surface area contributed by atoms with Crippen molar-refractivity contribution in [1.29, 1.82) is 0 Å². The summed E-state index contributed by atoms with van der Waals surface area (Å²) in [4.78, 5) is 11.9. The van der Waals surface area contributed by atoms with Crippen molar-refractivity contribution in [2.75, 3.05) is 19.8 Å². The van der Waals surface area contributed by atoms with Gasteiger partial charge in [0.2, 0.25) is 15.9 Å². The van der Waals surface area contributed by atoms with E-state index in [9.17, 15) is 13.2 Å². The van der Waals surface area contributed by atoms with Crippen LogP contribution >= 0.6 is 11.6 Å². The molecule has 0 heterocycles. The Morgan fingerprint density at radius 1 is 1.33 bits per heavy atom. The molecule has 0 radical (unpaired) electrons. The Morgan fingerprint density at radius 2 is 1.90 bits per heavy atom. The van der Waals surface area contributed by atoms with Crippen molar-refractivity contribution in [1.82, 2.24) is 9.62 Å². The van der Waals surface area contributed by atoms with Crippen molar-refractivity contribution >= 4 is 27.5 Å². The molecule has 1 rings (SSSR count). The summed E-state index contributed by atoms with van der Waals surface area (Å²) in [6, 6.07) is 7.43. The lowest BCUT2D eigenvalue weighted by Crippen LogP contribution is -2.49. The van der Waals surface area contributed by atoms with Crippen molar-refractivity contribution in [3.63, 3.8) is 0 Å². The van der Waals surface area contributed by atoms with Crippen molar-refractivity contribution in [2.24, 2.45) is 0 Å². The second-order valence-corrected chi connectivity index (χ2v) is 8.22. The Kier molecular flexibility index (Phi) is 5.78. The van der Waals surface area contributed by atoms with Gasteiger partial charge in [-0.2, -0.15) is 4.31 Å². The van der Waals surface area contributed by atoms with Crippen LogP contribution in [-0.4, -0.2) is 44.0 Å². The monoisotopic (exact) mass is 332 g/mol. The number of benzene rings is 1. The highest BCUT2D eigenvalue weighted by atomic mass is 35.5. The molecule has 0 atom stereocenters. The molecule has 0 bridgehead atoms. The highest BCUT2D eigenvalue weighted by molar-refractivity contribution is 7.88. The van der Waals surface area contributed by atoms with Gasteiger partial charge in [0.25, 0.3) is 0 Å². The molecule has 0 aliphatic heterocycles. The van der Waals surface area contributed by atoms with Crippen LogP contribution < -0.4 is 5.32 Å². The maximum atomic E-state index is 11.9. The number of carbonyl (C=O) groups is 1. The molecule has 0 fully saturated rings. The minimum atomic E-state index is -3.37. The van der Waals surface area contributed by atoms with Gasteiger partial charge in [0.05, 0.1) is 12.8 Å². The maximum Gasteiger partial charge on any atom is 0.235 e. The van der Waals surface area contributed by atoms with E-state index in [-0.39, 0.29) is 12.5 Å². The summed E-state index contributed by atoms with van der Waals surface area (Å²) in [5.41, 5.74) is 0.404. The lowest BCUT2D eigenvalue weighted by molar-refractivity contribution is -0.122. The SMILES string of the molecule is CN(CC(=O)NC(C)(C)Cc1ccccc1Cl)S(C)(=O)=O. The molecule has 1 aromatic rings. The van der Waals surface area contributed by atoms with E-state index < -0.39 is 15.6 Å². The van der Waals surface area contributed by atoms with Gasteiger partial charge in [0, 0.05) is 17.6 Å². The molecule has 21 heavy (non-hydrogen) atoms. The van der Waals surface area contributed by atoms with E-state index in [1.54, 1.807) is 6.07 Å². The molecule has 0 saturated carbocycles. The number of amides is 1. The summed E-state index contributed by atoms with van der Waals surface area (Å²) in [6.07, 6.45) is 1.62. The average Bonchev–Trinajstić information content (AvgIpc) is 2.29. The van der Waals surface area contributed by atoms with E-state index >= 15 is 0 Å². The number of halogens is 1. The molecule has 0 unspecified atom stereocenters. The number of sulfonamides is 1. The van der Waals surface area contributed by atoms with E-state index in [4.69, 9.17) is 11.6 Å². The number of likely N-dealkylation sites (N-methyl/N-ethyl adjacent to an activating group) is 1. The number of hydrogen-bond acceptors (Lipinski definition) is 3. The topological polar surface area (TPSA) is 66.5 Å². The molecule has 0 spiro atoms. The van der Waals surface area contributed by atoms with Crippen LogP contribution in [0, 0.1) is 0 Å². The molecular formula is C14H21ClN2O3S. The van der Waals surface area contributed by atoms with Crippen LogP contribution in [0.3, 0.4) is 0 Å². The van der Waals surface area contributed by atoms with E-state index in [1.807, 2.05) is 32.0 Å². The number of carbonyl (C=O) groups excluding carboxylic acids is 1. The summed E-state index contributed by atoms with van der Waals surface area (Å²) in [5, 5.41) is 3.48. The summed E-state index contributed by atoms with van der Waals surface area (Å²) in [6.45, 7) is 3.54. The zero-order valence-electron chi connectivity index (χ0n) is 12.7. The van der Waals surface area contributed by atoms with E-state index in [2.05, 4.69) is 5.32 Å². The third-order valence-electron chi connectivity index (χ3n) is 3.00. The van der Waals surface area contributed by atoms with Crippen LogP contribution in [0.2, 0.25) is 5.02 Å². The number of nitrogens with one attached hydrogen (secondary N) is 1. The van der Waals surface area contributed by atoms with Gasteiger partial charge in [-0.25, -0.2) is 8.42 Å². The van der Waals surface area contributed by atoms with Crippen LogP contribution in [0.15, 0.2) is 24.3 Å². The Labute approximate surface area is 131 Å². The Balaban J connectivity index is 2.68. The molecule has 1 aromatic carbocycles. The van der Waals surface area contributed by atoms with E-state index in [1.165, 1.54) is 7.05 Å². The molecule has 0 saturated heterocycles. The van der Waals surface area contributed by atoms with Gasteiger partial charge >= 0.3 is 0 Å². The Bertz CT molecular complexity index is 614. The molecule has 5 nitrogen and oxygen atoms in total. The van der Waals surface area contributed by atoms with Gasteiger partial charge in [0.1, 0.15) is 0 Å². The molecule has 0 aromatic heterocycles. The zero-order valence-corrected chi connectivity index (χ0v) is 14.3. The first kappa shape index (κ1) is 17.9. The van der Waals surface area contributed by atoms with Crippen molar-refractivity contribution < 1.29 is 13.2 Å². The van der Waals surface area contributed by atoms with Gasteiger partial charge in [-0.1, -0.05) is 29.8 Å². The van der Waals surface area contributed by atoms with Crippen molar-refractivity contribution in [3.05, 3.63) is 34.9 Å². The van der Waals surface area contributed by atoms with E-state index in [0.717, 1.165) is 16.1 Å². The fourth-order valence-corrected chi connectivity index (χ4v) is 2.45. The Hall–Kier alpha value is -1.11. The van der Waals surface area contributed by atoms with Gasteiger partial charge in [-0.3, -0.25) is 4.79 Å². The Morgan fingerprint density at radius 3 is 2.43 bits per heavy atom. The molecule has 0 aliphatic rings. The minimum absolute atomic E-state index is 0.204. The third kappa shape index (κ3) is 6.03. The lowest BCUT2D eigenvalue weighted by atomic mass is 9.95. The first-order chi connectivity index (χ1) is 9.51. The quantitative estimate of drug-likeness (QED) is 0.861. The molecule has 118 valence electrons. The van der Waals surface area contributed by atoms with Crippen LogP contribution in [0.1, 0.15) is 19.4 Å². The molecule has 1 N–H and O–H groups in total. The smallest absolute Gasteiger partial charge is 0.235 e. The zero-order chi connectivity index (χ0) is 16.3. The van der Waals surface area contributed by atoms with Gasteiger partial charge in [0.15, 0.2) is 0 Å². The van der Waals surface area contributed by atoms with Gasteiger partial charge in [-0.15, -0.1) is 0 Å². The first-order valence-corrected chi connectivity index (χ1v) is 8.69. The fourth-order valence-electron chi connectivity index (χ4n) is 1.90. The van der Waals surface area contributed by atoms with Gasteiger partial charge in [-0.05, 0) is 31.9 Å². The number of rotatable bonds is 6. The predicted molar refractivity (Wildman–Crippen MR) is 84.9 cm³/mol. The van der Waals surface area contributed by atoms with Crippen LogP contribution in [-0.2, 0) is 21.2 Å². The lowest BCUT2D eigenvalue weighted by Gasteiger charge is -2.28. The van der Waals surface area contributed by atoms with Crippen molar-refractivity contribution in [3.8, 4) is 0 Å². The highest BCUT2D eigenvalue weighted by Gasteiger charge is 2.24. The largest absolute Gasteiger partial charge is 0.350 e. The summed E-state index contributed by atoms with van der Waals surface area (Å²) in [5.74, 6) is -0.347. The molecule has 0 aliphatic carbocycles. The van der Waals surface area contributed by atoms with Gasteiger partial charge < -0.3 is 5.32 Å². The highest BCUT2D eigenvalue weighted by Crippen LogP contribution is 2.20. The number of hydrogen-bond donors (Lipinski definition) is 1. The average molecular weight is 333 g/mol. The fraction of sp³-hybridized carbons (Fsp3) is 0.500. The maximum absolute atomic E-state index is 11.9. The van der Waals surface area contributed by atoms with Crippen LogP contribution in [0.25, 0.3) is 0 Å². The second kappa shape index (κ2) is 6.77. The summed E-state index contributed by atoms with van der Waals surface area (Å²) < 4.78 is 23.6. The first-order valence-electron chi connectivity index (χ1n) is 6.47. The minimum Gasteiger partial charge on any atom is -0.350 e. The molecule has 1 amide bonds. The standard InChI is InChI=1S/C14H21ClN2O3S/c1-14(2,9-11-7-5-6-8-12(11)15)16-13(18)10-17(3)21(4,19)20/h5-8H,9-10H2,1-4H3,(H,16,18). The van der Waals surface area contributed by atoms with Crippen molar-refractivity contribution in [2.45, 2.75) is 25.8 Å². The second-order valence-electron chi connectivity index (χ2n) is 5.72. The predicted octanol–water partition coefficient (Wildman–Crippen LogP) is 1.67.